The van der Waals surface area contributed by atoms with Crippen LogP contribution in [0.15, 0.2) is 48.9 Å². The molecule has 1 N–H and O–H groups in total. The molecule has 0 aliphatic carbocycles. The molecule has 8 nitrogen and oxygen atoms in total. The number of nitrogens with zero attached hydrogens (tertiary/aromatic N) is 6. The Bertz CT molecular complexity index is 1300. The number of alkyl halides is 3. The number of nitriles is 1. The number of rotatable bonds is 7. The summed E-state index contributed by atoms with van der Waals surface area (Å²) in [7, 11) is 1.52. The Hall–Kier alpha value is -3.91. The monoisotopic (exact) mass is 456 g/mol. The molecular weight excluding hydrogens is 437 g/mol. The highest BCUT2D eigenvalue weighted by molar-refractivity contribution is 5.74. The Morgan fingerprint density at radius 2 is 2.06 bits per heavy atom. The first-order valence-electron chi connectivity index (χ1n) is 9.96. The molecule has 4 heterocycles. The third-order valence-electron chi connectivity index (χ3n) is 5.25. The molecule has 33 heavy (non-hydrogen) atoms. The van der Waals surface area contributed by atoms with Crippen molar-refractivity contribution in [2.45, 2.75) is 25.1 Å². The van der Waals surface area contributed by atoms with Crippen molar-refractivity contribution in [1.82, 2.24) is 24.4 Å². The van der Waals surface area contributed by atoms with Gasteiger partial charge in [0.1, 0.15) is 12.0 Å². The Morgan fingerprint density at radius 1 is 1.24 bits per heavy atom. The van der Waals surface area contributed by atoms with Gasteiger partial charge in [-0.25, -0.2) is 9.67 Å². The third kappa shape index (κ3) is 4.51. The molecule has 1 unspecified atom stereocenters. The minimum atomic E-state index is -4.52. The van der Waals surface area contributed by atoms with E-state index in [1.165, 1.54) is 18.0 Å². The van der Waals surface area contributed by atoms with Crippen molar-refractivity contribution in [1.29, 1.82) is 5.26 Å². The van der Waals surface area contributed by atoms with Crippen LogP contribution in [0.1, 0.15) is 29.2 Å². The van der Waals surface area contributed by atoms with E-state index in [1.807, 2.05) is 16.5 Å². The zero-order valence-electron chi connectivity index (χ0n) is 17.5. The molecule has 0 saturated carbocycles. The molecule has 1 atom stereocenters. The zero-order chi connectivity index (χ0) is 23.6. The van der Waals surface area contributed by atoms with Crippen molar-refractivity contribution in [2.24, 2.45) is 0 Å². The van der Waals surface area contributed by atoms with E-state index in [0.717, 1.165) is 16.6 Å². The van der Waals surface area contributed by atoms with Crippen LogP contribution in [0.5, 0.6) is 5.88 Å². The van der Waals surface area contributed by atoms with Crippen LogP contribution in [0.4, 0.5) is 13.2 Å². The summed E-state index contributed by atoms with van der Waals surface area (Å²) >= 11 is 0. The minimum absolute atomic E-state index is 0.194. The van der Waals surface area contributed by atoms with E-state index in [1.54, 1.807) is 30.6 Å². The fourth-order valence-corrected chi connectivity index (χ4v) is 3.69. The van der Waals surface area contributed by atoms with Gasteiger partial charge >= 0.3 is 6.18 Å². The SMILES string of the molecule is COc1ccc(-c2c(C#N)cc3cc(Cn4cc(C(CCO)C(F)(F)F)nn4)ccn23)cn1. The van der Waals surface area contributed by atoms with Crippen molar-refractivity contribution in [2.75, 3.05) is 13.7 Å². The first-order valence-corrected chi connectivity index (χ1v) is 9.96. The summed E-state index contributed by atoms with van der Waals surface area (Å²) in [4.78, 5) is 4.20. The van der Waals surface area contributed by atoms with Crippen LogP contribution in [0.2, 0.25) is 0 Å². The van der Waals surface area contributed by atoms with E-state index in [2.05, 4.69) is 21.4 Å². The smallest absolute Gasteiger partial charge is 0.397 e. The molecule has 0 amide bonds. The largest absolute Gasteiger partial charge is 0.481 e. The molecule has 0 radical (unpaired) electrons. The molecule has 0 fully saturated rings. The van der Waals surface area contributed by atoms with Crippen molar-refractivity contribution in [3.63, 3.8) is 0 Å². The summed E-state index contributed by atoms with van der Waals surface area (Å²) in [6.45, 7) is -0.408. The molecule has 170 valence electrons. The van der Waals surface area contributed by atoms with Gasteiger partial charge in [0.2, 0.25) is 5.88 Å². The summed E-state index contributed by atoms with van der Waals surface area (Å²) in [5.41, 5.74) is 3.15. The Morgan fingerprint density at radius 3 is 2.70 bits per heavy atom. The van der Waals surface area contributed by atoms with Gasteiger partial charge in [-0.15, -0.1) is 5.10 Å². The second-order valence-electron chi connectivity index (χ2n) is 7.38. The standard InChI is InChI=1S/C22H19F3N6O2/c1-33-20-3-2-15(11-27-20)21-16(10-26)9-17-8-14(4-6-31(17)21)12-30-13-19(28-29-30)18(5-7-32)22(23,24)25/h2-4,6,8-9,11,13,18,32H,5,7,12H2,1H3. The second kappa shape index (κ2) is 8.91. The van der Waals surface area contributed by atoms with Crippen molar-refractivity contribution in [3.8, 4) is 23.2 Å². The highest BCUT2D eigenvalue weighted by Gasteiger charge is 2.42. The molecule has 0 bridgehead atoms. The van der Waals surface area contributed by atoms with Crippen molar-refractivity contribution in [3.05, 3.63) is 65.7 Å². The van der Waals surface area contributed by atoms with Crippen LogP contribution < -0.4 is 4.74 Å². The summed E-state index contributed by atoms with van der Waals surface area (Å²) in [6, 6.07) is 11.1. The maximum atomic E-state index is 13.2. The van der Waals surface area contributed by atoms with E-state index >= 15 is 0 Å². The molecule has 11 heteroatoms. The predicted octanol–water partition coefficient (Wildman–Crippen LogP) is 3.55. The van der Waals surface area contributed by atoms with E-state index < -0.39 is 25.1 Å². The van der Waals surface area contributed by atoms with Gasteiger partial charge < -0.3 is 14.2 Å². The summed E-state index contributed by atoms with van der Waals surface area (Å²) in [6.07, 6.45) is -0.346. The van der Waals surface area contributed by atoms with Crippen LogP contribution in [0.25, 0.3) is 16.8 Å². The van der Waals surface area contributed by atoms with Crippen LogP contribution in [-0.2, 0) is 6.54 Å². The van der Waals surface area contributed by atoms with Crippen LogP contribution >= 0.6 is 0 Å². The fourth-order valence-electron chi connectivity index (χ4n) is 3.69. The summed E-state index contributed by atoms with van der Waals surface area (Å²) < 4.78 is 47.9. The van der Waals surface area contributed by atoms with Gasteiger partial charge in [-0.05, 0) is 36.2 Å². The molecule has 0 saturated heterocycles. The van der Waals surface area contributed by atoms with Crippen LogP contribution in [0, 0.1) is 11.3 Å². The van der Waals surface area contributed by atoms with E-state index in [4.69, 9.17) is 9.84 Å². The zero-order valence-corrected chi connectivity index (χ0v) is 17.5. The van der Waals surface area contributed by atoms with Gasteiger partial charge in [-0.2, -0.15) is 18.4 Å². The van der Waals surface area contributed by atoms with Gasteiger partial charge in [0.25, 0.3) is 0 Å². The molecule has 0 spiro atoms. The number of aliphatic hydroxyl groups excluding tert-OH is 1. The lowest BCUT2D eigenvalue weighted by atomic mass is 10.0. The number of aromatic nitrogens is 5. The molecule has 4 aromatic rings. The first kappa shape index (κ1) is 22.3. The average molecular weight is 456 g/mol. The molecule has 0 aromatic carbocycles. The maximum absolute atomic E-state index is 13.2. The molecule has 0 aliphatic heterocycles. The molecular formula is C22H19F3N6O2. The van der Waals surface area contributed by atoms with E-state index in [9.17, 15) is 18.4 Å². The molecule has 4 aromatic heterocycles. The Balaban J connectivity index is 1.63. The van der Waals surface area contributed by atoms with Gasteiger partial charge in [0, 0.05) is 42.3 Å². The van der Waals surface area contributed by atoms with Crippen LogP contribution in [-0.4, -0.2) is 49.4 Å². The molecule has 0 aliphatic rings. The average Bonchev–Trinajstić information content (AvgIpc) is 3.40. The van der Waals surface area contributed by atoms with Gasteiger partial charge in [-0.3, -0.25) is 0 Å². The number of aliphatic hydroxyl groups is 1. The first-order chi connectivity index (χ1) is 15.8. The minimum Gasteiger partial charge on any atom is -0.481 e. The number of ether oxygens (including phenoxy) is 1. The Kier molecular flexibility index (Phi) is 6.02. The van der Waals surface area contributed by atoms with E-state index in [0.29, 0.717) is 17.1 Å². The maximum Gasteiger partial charge on any atom is 0.397 e. The number of halogens is 3. The Labute approximate surface area is 186 Å². The number of pyridine rings is 2. The third-order valence-corrected chi connectivity index (χ3v) is 5.25. The summed E-state index contributed by atoms with van der Waals surface area (Å²) in [5.74, 6) is -1.41. The predicted molar refractivity (Wildman–Crippen MR) is 112 cm³/mol. The highest BCUT2D eigenvalue weighted by Crippen LogP contribution is 2.36. The molecule has 4 rings (SSSR count). The second-order valence-corrected chi connectivity index (χ2v) is 7.38. The number of hydrogen-bond donors (Lipinski definition) is 1. The van der Waals surface area contributed by atoms with Crippen LogP contribution in [0.3, 0.4) is 0 Å². The van der Waals surface area contributed by atoms with Gasteiger partial charge in [-0.1, -0.05) is 5.21 Å². The fraction of sp³-hybridized carbons (Fsp3) is 0.273. The highest BCUT2D eigenvalue weighted by atomic mass is 19.4. The van der Waals surface area contributed by atoms with Gasteiger partial charge in [0.05, 0.1) is 30.6 Å². The lowest BCUT2D eigenvalue weighted by Gasteiger charge is -2.16. The van der Waals surface area contributed by atoms with Crippen molar-refractivity contribution < 1.29 is 23.0 Å². The van der Waals surface area contributed by atoms with E-state index in [-0.39, 0.29) is 12.2 Å². The normalized spacial score (nSPS) is 12.6. The lowest BCUT2D eigenvalue weighted by Crippen LogP contribution is -2.22. The summed E-state index contributed by atoms with van der Waals surface area (Å²) in [5, 5.41) is 26.1. The van der Waals surface area contributed by atoms with Crippen molar-refractivity contribution >= 4 is 5.52 Å². The quantitative estimate of drug-likeness (QED) is 0.457. The number of fused-ring (bicyclic) bond motifs is 1. The van der Waals surface area contributed by atoms with Gasteiger partial charge in [0.15, 0.2) is 0 Å². The lowest BCUT2D eigenvalue weighted by molar-refractivity contribution is -0.154. The number of hydrogen-bond acceptors (Lipinski definition) is 6. The number of methoxy groups -OCH3 is 1. The topological polar surface area (TPSA) is 101 Å².